The maximum Gasteiger partial charge on any atom is 0.410 e. The van der Waals surface area contributed by atoms with Crippen LogP contribution in [0.3, 0.4) is 0 Å². The van der Waals surface area contributed by atoms with Gasteiger partial charge in [-0.2, -0.15) is 0 Å². The molecule has 1 atom stereocenters. The van der Waals surface area contributed by atoms with Gasteiger partial charge in [-0.25, -0.2) is 4.79 Å². The predicted molar refractivity (Wildman–Crippen MR) is 85.4 cm³/mol. The van der Waals surface area contributed by atoms with E-state index < -0.39 is 5.60 Å². The van der Waals surface area contributed by atoms with E-state index in [0.717, 1.165) is 31.8 Å². The fraction of sp³-hybridized carbons (Fsp3) is 0.941. The van der Waals surface area contributed by atoms with Crippen LogP contribution in [0.5, 0.6) is 0 Å². The van der Waals surface area contributed by atoms with Gasteiger partial charge in [-0.05, 0) is 52.4 Å². The molecule has 2 fully saturated rings. The lowest BCUT2D eigenvalue weighted by Gasteiger charge is -2.35. The lowest BCUT2D eigenvalue weighted by Crippen LogP contribution is -2.48. The molecule has 1 aliphatic heterocycles. The Hall–Kier alpha value is -0.770. The van der Waals surface area contributed by atoms with E-state index in [-0.39, 0.29) is 6.09 Å². The third-order valence-electron chi connectivity index (χ3n) is 4.43. The number of likely N-dealkylation sites (tertiary alicyclic amines) is 1. The number of amides is 1. The van der Waals surface area contributed by atoms with Crippen LogP contribution in [-0.2, 0) is 4.74 Å². The standard InChI is InChI=1S/C17H32N2O2/c1-5-14(12-13-6-7-13)18-15-8-10-19(11-9-15)16(20)21-17(2,3)4/h13-15,18H,5-12H2,1-4H3. The molecule has 2 rings (SSSR count). The molecule has 1 amide bonds. The van der Waals surface area contributed by atoms with Gasteiger partial charge in [0.15, 0.2) is 0 Å². The highest BCUT2D eigenvalue weighted by atomic mass is 16.6. The zero-order valence-electron chi connectivity index (χ0n) is 14.2. The van der Waals surface area contributed by atoms with Crippen LogP contribution >= 0.6 is 0 Å². The van der Waals surface area contributed by atoms with Gasteiger partial charge in [-0.15, -0.1) is 0 Å². The molecular formula is C17H32N2O2. The summed E-state index contributed by atoms with van der Waals surface area (Å²) in [6.45, 7) is 9.66. The summed E-state index contributed by atoms with van der Waals surface area (Å²) in [5.74, 6) is 0.976. The number of carbonyl (C=O) groups is 1. The van der Waals surface area contributed by atoms with Crippen molar-refractivity contribution in [2.45, 2.75) is 83.9 Å². The number of rotatable bonds is 5. The van der Waals surface area contributed by atoms with Gasteiger partial charge in [0.2, 0.25) is 0 Å². The van der Waals surface area contributed by atoms with Crippen molar-refractivity contribution in [1.29, 1.82) is 0 Å². The Balaban J connectivity index is 1.70. The highest BCUT2D eigenvalue weighted by Gasteiger charge is 2.29. The number of nitrogens with one attached hydrogen (secondary N) is 1. The van der Waals surface area contributed by atoms with Crippen molar-refractivity contribution in [2.75, 3.05) is 13.1 Å². The molecule has 0 spiro atoms. The summed E-state index contributed by atoms with van der Waals surface area (Å²) < 4.78 is 5.44. The third-order valence-corrected chi connectivity index (χ3v) is 4.43. The van der Waals surface area contributed by atoms with E-state index in [1.54, 1.807) is 0 Å². The number of ether oxygens (including phenoxy) is 1. The zero-order valence-corrected chi connectivity index (χ0v) is 14.2. The van der Waals surface area contributed by atoms with Crippen LogP contribution in [-0.4, -0.2) is 41.8 Å². The van der Waals surface area contributed by atoms with E-state index in [1.165, 1.54) is 25.7 Å². The molecule has 1 heterocycles. The maximum absolute atomic E-state index is 12.0. The largest absolute Gasteiger partial charge is 0.444 e. The topological polar surface area (TPSA) is 41.6 Å². The molecule has 0 radical (unpaired) electrons. The molecule has 1 N–H and O–H groups in total. The average Bonchev–Trinajstić information content (AvgIpc) is 3.20. The van der Waals surface area contributed by atoms with Crippen LogP contribution in [0.1, 0.15) is 66.2 Å². The maximum atomic E-state index is 12.0. The Morgan fingerprint density at radius 1 is 1.24 bits per heavy atom. The number of piperidine rings is 1. The highest BCUT2D eigenvalue weighted by Crippen LogP contribution is 2.34. The van der Waals surface area contributed by atoms with Crippen molar-refractivity contribution in [3.63, 3.8) is 0 Å². The smallest absolute Gasteiger partial charge is 0.410 e. The number of carbonyl (C=O) groups excluding carboxylic acids is 1. The molecule has 1 aliphatic carbocycles. The molecule has 21 heavy (non-hydrogen) atoms. The first-order valence-electron chi connectivity index (χ1n) is 8.61. The van der Waals surface area contributed by atoms with Crippen molar-refractivity contribution >= 4 is 6.09 Å². The summed E-state index contributed by atoms with van der Waals surface area (Å²) >= 11 is 0. The Labute approximate surface area is 129 Å². The first-order valence-corrected chi connectivity index (χ1v) is 8.61. The van der Waals surface area contributed by atoms with Crippen LogP contribution in [0.2, 0.25) is 0 Å². The SMILES string of the molecule is CCC(CC1CC1)NC1CCN(C(=O)OC(C)(C)C)CC1. The molecular weight excluding hydrogens is 264 g/mol. The van der Waals surface area contributed by atoms with Crippen molar-refractivity contribution in [1.82, 2.24) is 10.2 Å². The monoisotopic (exact) mass is 296 g/mol. The van der Waals surface area contributed by atoms with Crippen LogP contribution in [0.25, 0.3) is 0 Å². The molecule has 0 bridgehead atoms. The van der Waals surface area contributed by atoms with Crippen molar-refractivity contribution in [2.24, 2.45) is 5.92 Å². The Morgan fingerprint density at radius 3 is 2.33 bits per heavy atom. The van der Waals surface area contributed by atoms with E-state index in [1.807, 2.05) is 25.7 Å². The molecule has 1 unspecified atom stereocenters. The lowest BCUT2D eigenvalue weighted by molar-refractivity contribution is 0.0195. The fourth-order valence-electron chi connectivity index (χ4n) is 3.00. The molecule has 122 valence electrons. The van der Waals surface area contributed by atoms with E-state index in [4.69, 9.17) is 4.74 Å². The van der Waals surface area contributed by atoms with Gasteiger partial charge >= 0.3 is 6.09 Å². The Bertz CT molecular complexity index is 339. The van der Waals surface area contributed by atoms with Gasteiger partial charge in [-0.1, -0.05) is 19.8 Å². The van der Waals surface area contributed by atoms with Crippen LogP contribution in [0.15, 0.2) is 0 Å². The van der Waals surface area contributed by atoms with Crippen LogP contribution in [0.4, 0.5) is 4.79 Å². The van der Waals surface area contributed by atoms with Gasteiger partial charge in [-0.3, -0.25) is 0 Å². The fourth-order valence-corrected chi connectivity index (χ4v) is 3.00. The number of hydrogen-bond donors (Lipinski definition) is 1. The average molecular weight is 296 g/mol. The summed E-state index contributed by atoms with van der Waals surface area (Å²) in [5.41, 5.74) is -0.399. The zero-order chi connectivity index (χ0) is 15.5. The minimum absolute atomic E-state index is 0.161. The molecule has 1 saturated heterocycles. The lowest BCUT2D eigenvalue weighted by atomic mass is 10.0. The van der Waals surface area contributed by atoms with Crippen LogP contribution < -0.4 is 5.32 Å². The minimum atomic E-state index is -0.399. The molecule has 2 aliphatic rings. The van der Waals surface area contributed by atoms with E-state index in [2.05, 4.69) is 12.2 Å². The van der Waals surface area contributed by atoms with Gasteiger partial charge in [0.05, 0.1) is 0 Å². The summed E-state index contributed by atoms with van der Waals surface area (Å²) in [7, 11) is 0. The number of nitrogens with zero attached hydrogens (tertiary/aromatic N) is 1. The van der Waals surface area contributed by atoms with E-state index in [9.17, 15) is 4.79 Å². The quantitative estimate of drug-likeness (QED) is 0.843. The van der Waals surface area contributed by atoms with Gasteiger partial charge < -0.3 is 15.0 Å². The van der Waals surface area contributed by atoms with Gasteiger partial charge in [0.1, 0.15) is 5.60 Å². The number of hydrogen-bond acceptors (Lipinski definition) is 3. The summed E-state index contributed by atoms with van der Waals surface area (Å²) in [5, 5.41) is 3.81. The summed E-state index contributed by atoms with van der Waals surface area (Å²) in [6.07, 6.45) is 7.32. The Morgan fingerprint density at radius 2 is 1.86 bits per heavy atom. The van der Waals surface area contributed by atoms with Gasteiger partial charge in [0.25, 0.3) is 0 Å². The first-order chi connectivity index (χ1) is 9.87. The minimum Gasteiger partial charge on any atom is -0.444 e. The van der Waals surface area contributed by atoms with Gasteiger partial charge in [0, 0.05) is 25.2 Å². The predicted octanol–water partition coefficient (Wildman–Crippen LogP) is 3.55. The molecule has 0 aromatic heterocycles. The third kappa shape index (κ3) is 5.85. The normalized spacial score (nSPS) is 22.2. The molecule has 0 aromatic carbocycles. The van der Waals surface area contributed by atoms with E-state index in [0.29, 0.717) is 12.1 Å². The van der Waals surface area contributed by atoms with Crippen molar-refractivity contribution < 1.29 is 9.53 Å². The molecule has 0 aromatic rings. The first kappa shape index (κ1) is 16.6. The van der Waals surface area contributed by atoms with E-state index >= 15 is 0 Å². The van der Waals surface area contributed by atoms with Crippen molar-refractivity contribution in [3.05, 3.63) is 0 Å². The summed E-state index contributed by atoms with van der Waals surface area (Å²) in [4.78, 5) is 13.9. The Kier molecular flexibility index (Phi) is 5.53. The highest BCUT2D eigenvalue weighted by molar-refractivity contribution is 5.68. The van der Waals surface area contributed by atoms with Crippen molar-refractivity contribution in [3.8, 4) is 0 Å². The second-order valence-electron chi connectivity index (χ2n) is 7.69. The van der Waals surface area contributed by atoms with Crippen LogP contribution in [0, 0.1) is 5.92 Å². The second kappa shape index (κ2) is 6.99. The summed E-state index contributed by atoms with van der Waals surface area (Å²) in [6, 6.07) is 1.22. The molecule has 4 heteroatoms. The molecule has 4 nitrogen and oxygen atoms in total. The molecule has 1 saturated carbocycles. The second-order valence-corrected chi connectivity index (χ2v) is 7.69.